The Balaban J connectivity index is 1.66. The van der Waals surface area contributed by atoms with E-state index < -0.39 is 46.4 Å². The number of rotatable bonds is 10. The van der Waals surface area contributed by atoms with Crippen LogP contribution < -0.4 is 15.4 Å². The Morgan fingerprint density at radius 2 is 1.82 bits per heavy atom. The summed E-state index contributed by atoms with van der Waals surface area (Å²) in [6.45, 7) is 5.57. The molecule has 0 spiro atoms. The molecule has 2 N–H and O–H groups in total. The van der Waals surface area contributed by atoms with Gasteiger partial charge in [-0.25, -0.2) is 4.79 Å². The van der Waals surface area contributed by atoms with Gasteiger partial charge in [0.1, 0.15) is 23.4 Å². The van der Waals surface area contributed by atoms with Crippen molar-refractivity contribution in [1.82, 2.24) is 15.5 Å². The number of hydrogen-bond acceptors (Lipinski definition) is 7. The van der Waals surface area contributed by atoms with Crippen molar-refractivity contribution in [2.75, 3.05) is 30.2 Å². The van der Waals surface area contributed by atoms with Crippen molar-refractivity contribution < 1.29 is 28.1 Å². The number of carbonyl (C=O) groups is 3. The Morgan fingerprint density at radius 3 is 2.45 bits per heavy atom. The van der Waals surface area contributed by atoms with Crippen LogP contribution in [-0.2, 0) is 31.7 Å². The Bertz CT molecular complexity index is 976. The molecule has 3 rings (SSSR count). The average Bonchev–Trinajstić information content (AvgIpc) is 3.37. The van der Waals surface area contributed by atoms with Crippen molar-refractivity contribution >= 4 is 40.5 Å². The second-order valence-corrected chi connectivity index (χ2v) is 13.4. The van der Waals surface area contributed by atoms with E-state index in [4.69, 9.17) is 9.47 Å². The molecule has 2 aliphatic rings. The standard InChI is InChI=1S/C27H41N3O6S2/c1-27(2,3)36-26(33)30-18-37-15-23(30)25(32)29-22(17-38(34)16-20-8-6-5-7-9-20)24(31)28-14-19-10-12-21(35-4)13-11-19/h10-13,20,22-23H,5-9,14-18H2,1-4H3,(H,28,31)(H,29,32). The lowest BCUT2D eigenvalue weighted by Crippen LogP contribution is -2.56. The van der Waals surface area contributed by atoms with E-state index in [2.05, 4.69) is 10.6 Å². The molecule has 0 bridgehead atoms. The third-order valence-electron chi connectivity index (χ3n) is 6.57. The number of ether oxygens (including phenoxy) is 2. The lowest BCUT2D eigenvalue weighted by Gasteiger charge is -2.28. The van der Waals surface area contributed by atoms with Crippen LogP contribution in [0.5, 0.6) is 5.75 Å². The van der Waals surface area contributed by atoms with Gasteiger partial charge in [0, 0.05) is 28.9 Å². The molecule has 212 valence electrons. The molecule has 3 atom stereocenters. The molecule has 0 aromatic heterocycles. The molecule has 1 aliphatic carbocycles. The minimum Gasteiger partial charge on any atom is -0.497 e. The number of hydrogen-bond donors (Lipinski definition) is 2. The molecule has 1 aromatic rings. The van der Waals surface area contributed by atoms with Crippen LogP contribution in [0.25, 0.3) is 0 Å². The molecular formula is C27H41N3O6S2. The molecule has 1 saturated carbocycles. The van der Waals surface area contributed by atoms with Gasteiger partial charge >= 0.3 is 6.09 Å². The fraction of sp³-hybridized carbons (Fsp3) is 0.667. The second-order valence-electron chi connectivity index (χ2n) is 10.9. The summed E-state index contributed by atoms with van der Waals surface area (Å²) in [6.07, 6.45) is 5.04. The van der Waals surface area contributed by atoms with Gasteiger partial charge in [0.05, 0.1) is 18.7 Å². The van der Waals surface area contributed by atoms with E-state index in [-0.39, 0.29) is 12.3 Å². The fourth-order valence-corrected chi connectivity index (χ4v) is 7.28. The van der Waals surface area contributed by atoms with E-state index in [0.717, 1.165) is 31.2 Å². The van der Waals surface area contributed by atoms with Crippen LogP contribution in [0.2, 0.25) is 0 Å². The summed E-state index contributed by atoms with van der Waals surface area (Å²) in [5.74, 6) is 1.54. The number of nitrogens with one attached hydrogen (secondary N) is 2. The minimum absolute atomic E-state index is 0.0307. The van der Waals surface area contributed by atoms with Gasteiger partial charge in [-0.2, -0.15) is 0 Å². The summed E-state index contributed by atoms with van der Waals surface area (Å²) in [7, 11) is 0.316. The van der Waals surface area contributed by atoms with E-state index in [0.29, 0.717) is 29.0 Å². The number of methoxy groups -OCH3 is 1. The van der Waals surface area contributed by atoms with Gasteiger partial charge in [0.15, 0.2) is 0 Å². The highest BCUT2D eigenvalue weighted by atomic mass is 32.2. The maximum atomic E-state index is 13.3. The molecule has 2 fully saturated rings. The molecule has 9 nitrogen and oxygen atoms in total. The zero-order chi connectivity index (χ0) is 27.7. The normalized spacial score (nSPS) is 19.9. The quantitative estimate of drug-likeness (QED) is 0.445. The highest BCUT2D eigenvalue weighted by Crippen LogP contribution is 2.25. The van der Waals surface area contributed by atoms with Gasteiger partial charge in [-0.05, 0) is 57.2 Å². The minimum atomic E-state index is -1.27. The molecule has 3 amide bonds. The van der Waals surface area contributed by atoms with Crippen molar-refractivity contribution in [2.45, 2.75) is 77.1 Å². The van der Waals surface area contributed by atoms with Gasteiger partial charge in [0.2, 0.25) is 11.8 Å². The number of nitrogens with zero attached hydrogens (tertiary/aromatic N) is 1. The van der Waals surface area contributed by atoms with Crippen molar-refractivity contribution in [3.8, 4) is 5.75 Å². The first-order chi connectivity index (χ1) is 18.1. The van der Waals surface area contributed by atoms with Crippen LogP contribution in [0.15, 0.2) is 24.3 Å². The van der Waals surface area contributed by atoms with E-state index >= 15 is 0 Å². The topological polar surface area (TPSA) is 114 Å². The van der Waals surface area contributed by atoms with E-state index in [9.17, 15) is 18.6 Å². The Hall–Kier alpha value is -2.27. The molecular weight excluding hydrogens is 526 g/mol. The average molecular weight is 568 g/mol. The van der Waals surface area contributed by atoms with Gasteiger partial charge in [0.25, 0.3) is 0 Å². The zero-order valence-corrected chi connectivity index (χ0v) is 24.5. The van der Waals surface area contributed by atoms with Crippen LogP contribution >= 0.6 is 11.8 Å². The van der Waals surface area contributed by atoms with Crippen LogP contribution in [0.1, 0.15) is 58.4 Å². The Morgan fingerprint density at radius 1 is 1.13 bits per heavy atom. The van der Waals surface area contributed by atoms with Crippen molar-refractivity contribution in [1.29, 1.82) is 0 Å². The smallest absolute Gasteiger partial charge is 0.411 e. The number of thioether (sulfide) groups is 1. The highest BCUT2D eigenvalue weighted by molar-refractivity contribution is 7.99. The predicted octanol–water partition coefficient (Wildman–Crippen LogP) is 3.44. The molecule has 1 aromatic carbocycles. The lowest BCUT2D eigenvalue weighted by molar-refractivity contribution is -0.130. The van der Waals surface area contributed by atoms with Crippen LogP contribution in [-0.4, -0.2) is 74.9 Å². The van der Waals surface area contributed by atoms with E-state index in [1.165, 1.54) is 23.1 Å². The van der Waals surface area contributed by atoms with Crippen LogP contribution in [0, 0.1) is 5.92 Å². The lowest BCUT2D eigenvalue weighted by atomic mass is 9.91. The van der Waals surface area contributed by atoms with Gasteiger partial charge in [-0.3, -0.25) is 18.7 Å². The SMILES string of the molecule is COc1ccc(CNC(=O)C(CS(=O)CC2CCCCC2)NC(=O)C2CSCN2C(=O)OC(C)(C)C)cc1. The van der Waals surface area contributed by atoms with Crippen molar-refractivity contribution in [3.63, 3.8) is 0 Å². The molecule has 38 heavy (non-hydrogen) atoms. The molecule has 1 aliphatic heterocycles. The first kappa shape index (κ1) is 30.3. The first-order valence-corrected chi connectivity index (χ1v) is 15.8. The van der Waals surface area contributed by atoms with Crippen molar-refractivity contribution in [2.24, 2.45) is 5.92 Å². The summed E-state index contributed by atoms with van der Waals surface area (Å²) >= 11 is 1.45. The van der Waals surface area contributed by atoms with Crippen molar-refractivity contribution in [3.05, 3.63) is 29.8 Å². The molecule has 1 heterocycles. The molecule has 11 heteroatoms. The summed E-state index contributed by atoms with van der Waals surface area (Å²) in [6, 6.07) is 5.58. The zero-order valence-electron chi connectivity index (χ0n) is 22.8. The van der Waals surface area contributed by atoms with Gasteiger partial charge < -0.3 is 20.1 Å². The molecule has 0 radical (unpaired) electrons. The predicted molar refractivity (Wildman–Crippen MR) is 150 cm³/mol. The Kier molecular flexibility index (Phi) is 11.3. The maximum absolute atomic E-state index is 13.3. The van der Waals surface area contributed by atoms with Crippen LogP contribution in [0.4, 0.5) is 4.79 Å². The summed E-state index contributed by atoms with van der Waals surface area (Å²) < 4.78 is 23.7. The highest BCUT2D eigenvalue weighted by Gasteiger charge is 2.38. The monoisotopic (exact) mass is 567 g/mol. The van der Waals surface area contributed by atoms with Gasteiger partial charge in [-0.1, -0.05) is 31.4 Å². The van der Waals surface area contributed by atoms with E-state index in [1.54, 1.807) is 27.9 Å². The summed E-state index contributed by atoms with van der Waals surface area (Å²) in [5.41, 5.74) is 0.182. The summed E-state index contributed by atoms with van der Waals surface area (Å²) in [4.78, 5) is 40.6. The second kappa shape index (κ2) is 14.2. The molecule has 1 saturated heterocycles. The number of carbonyl (C=O) groups excluding carboxylic acids is 3. The van der Waals surface area contributed by atoms with E-state index in [1.807, 2.05) is 24.3 Å². The third kappa shape index (κ3) is 9.48. The summed E-state index contributed by atoms with van der Waals surface area (Å²) in [5, 5.41) is 5.67. The first-order valence-electron chi connectivity index (χ1n) is 13.2. The fourth-order valence-electron chi connectivity index (χ4n) is 4.54. The maximum Gasteiger partial charge on any atom is 0.411 e. The van der Waals surface area contributed by atoms with Crippen LogP contribution in [0.3, 0.4) is 0 Å². The largest absolute Gasteiger partial charge is 0.497 e. The van der Waals surface area contributed by atoms with Gasteiger partial charge in [-0.15, -0.1) is 11.8 Å². The number of amides is 3. The molecule has 3 unspecified atom stereocenters. The number of benzene rings is 1. The third-order valence-corrected chi connectivity index (χ3v) is 9.13. The Labute approximate surface area is 232 Å².